The second-order valence-corrected chi connectivity index (χ2v) is 4.17. The Morgan fingerprint density at radius 1 is 1.40 bits per heavy atom. The smallest absolute Gasteiger partial charge is 0.361 e. The maximum Gasteiger partial charge on any atom is 0.417 e. The van der Waals surface area contributed by atoms with Gasteiger partial charge in [0.25, 0.3) is 0 Å². The second kappa shape index (κ2) is 5.89. The molecule has 1 heterocycles. The van der Waals surface area contributed by atoms with Gasteiger partial charge in [-0.05, 0) is 18.6 Å². The highest BCUT2D eigenvalue weighted by molar-refractivity contribution is 6.34. The second-order valence-electron chi connectivity index (χ2n) is 4.17. The van der Waals surface area contributed by atoms with Crippen LogP contribution in [0, 0.1) is 0 Å². The topological polar surface area (TPSA) is 76.3 Å². The van der Waals surface area contributed by atoms with Crippen molar-refractivity contribution in [3.05, 3.63) is 29.6 Å². The van der Waals surface area contributed by atoms with Crippen molar-refractivity contribution in [1.29, 1.82) is 0 Å². The third-order valence-corrected chi connectivity index (χ3v) is 2.84. The van der Waals surface area contributed by atoms with Gasteiger partial charge in [-0.15, -0.1) is 0 Å². The van der Waals surface area contributed by atoms with Gasteiger partial charge in [-0.25, -0.2) is 0 Å². The lowest BCUT2D eigenvalue weighted by Gasteiger charge is -2.25. The summed E-state index contributed by atoms with van der Waals surface area (Å²) < 4.78 is 37.3. The first-order chi connectivity index (χ1) is 9.18. The number of halogens is 3. The van der Waals surface area contributed by atoms with Gasteiger partial charge < -0.3 is 10.6 Å². The lowest BCUT2D eigenvalue weighted by Crippen LogP contribution is -2.40. The molecule has 1 unspecified atom stereocenters. The van der Waals surface area contributed by atoms with Gasteiger partial charge in [-0.3, -0.25) is 14.6 Å². The number of nitrogens with two attached hydrogens (primary N) is 1. The molecule has 1 aromatic heterocycles. The molecule has 2 N–H and O–H groups in total. The molecule has 0 saturated heterocycles. The van der Waals surface area contributed by atoms with Gasteiger partial charge in [-0.1, -0.05) is 6.92 Å². The highest BCUT2D eigenvalue weighted by Gasteiger charge is 2.31. The number of hydrogen-bond donors (Lipinski definition) is 1. The van der Waals surface area contributed by atoms with Crippen LogP contribution in [0.1, 0.15) is 30.6 Å². The van der Waals surface area contributed by atoms with Gasteiger partial charge in [0, 0.05) is 13.2 Å². The van der Waals surface area contributed by atoms with Crippen LogP contribution in [-0.4, -0.2) is 28.7 Å². The van der Waals surface area contributed by atoms with E-state index < -0.39 is 29.6 Å². The standard InChI is InChI=1S/C12H14F3N3O2/c1-3-9(18(2)11(20)10(16)19)8-5-4-7(6-17-8)12(13,14)15/h4-6,9H,3H2,1-2H3,(H2,16,19). The average Bonchev–Trinajstić information content (AvgIpc) is 2.38. The minimum atomic E-state index is -4.47. The molecule has 0 radical (unpaired) electrons. The molecule has 0 aliphatic rings. The lowest BCUT2D eigenvalue weighted by atomic mass is 10.1. The van der Waals surface area contributed by atoms with Gasteiger partial charge in [0.2, 0.25) is 0 Å². The van der Waals surface area contributed by atoms with Crippen molar-refractivity contribution in [3.63, 3.8) is 0 Å². The summed E-state index contributed by atoms with van der Waals surface area (Å²) in [6.07, 6.45) is -3.39. The third kappa shape index (κ3) is 3.46. The Kier molecular flexibility index (Phi) is 4.69. The number of rotatable bonds is 3. The molecule has 110 valence electrons. The Hall–Kier alpha value is -2.12. The molecule has 0 fully saturated rings. The van der Waals surface area contributed by atoms with Crippen LogP contribution < -0.4 is 5.73 Å². The molecule has 8 heteroatoms. The number of carbonyl (C=O) groups is 2. The van der Waals surface area contributed by atoms with E-state index in [-0.39, 0.29) is 5.69 Å². The molecular formula is C12H14F3N3O2. The summed E-state index contributed by atoms with van der Waals surface area (Å²) in [7, 11) is 1.35. The third-order valence-electron chi connectivity index (χ3n) is 2.84. The monoisotopic (exact) mass is 289 g/mol. The molecule has 1 aromatic rings. The van der Waals surface area contributed by atoms with Crippen LogP contribution in [-0.2, 0) is 15.8 Å². The summed E-state index contributed by atoms with van der Waals surface area (Å²) in [6.45, 7) is 1.72. The molecule has 0 spiro atoms. The van der Waals surface area contributed by atoms with Crippen molar-refractivity contribution in [2.45, 2.75) is 25.6 Å². The number of hydrogen-bond acceptors (Lipinski definition) is 3. The minimum Gasteiger partial charge on any atom is -0.361 e. The van der Waals surface area contributed by atoms with E-state index in [1.54, 1.807) is 6.92 Å². The van der Waals surface area contributed by atoms with E-state index in [1.807, 2.05) is 0 Å². The highest BCUT2D eigenvalue weighted by atomic mass is 19.4. The largest absolute Gasteiger partial charge is 0.417 e. The number of likely N-dealkylation sites (N-methyl/N-ethyl adjacent to an activating group) is 1. The van der Waals surface area contributed by atoms with E-state index in [0.29, 0.717) is 12.6 Å². The van der Waals surface area contributed by atoms with Crippen molar-refractivity contribution in [3.8, 4) is 0 Å². The lowest BCUT2D eigenvalue weighted by molar-refractivity contribution is -0.144. The van der Waals surface area contributed by atoms with Gasteiger partial charge in [0.1, 0.15) is 0 Å². The molecule has 20 heavy (non-hydrogen) atoms. The molecule has 1 atom stereocenters. The Bertz CT molecular complexity index is 500. The number of carbonyl (C=O) groups excluding carboxylic acids is 2. The summed E-state index contributed by atoms with van der Waals surface area (Å²) in [5, 5.41) is 0. The highest BCUT2D eigenvalue weighted by Crippen LogP contribution is 2.30. The zero-order valence-corrected chi connectivity index (χ0v) is 10.9. The molecular weight excluding hydrogens is 275 g/mol. The van der Waals surface area contributed by atoms with Crippen molar-refractivity contribution in [2.24, 2.45) is 5.73 Å². The van der Waals surface area contributed by atoms with Crippen molar-refractivity contribution >= 4 is 11.8 Å². The van der Waals surface area contributed by atoms with E-state index in [1.165, 1.54) is 13.1 Å². The van der Waals surface area contributed by atoms with Gasteiger partial charge in [0.15, 0.2) is 0 Å². The van der Waals surface area contributed by atoms with Crippen molar-refractivity contribution in [2.75, 3.05) is 7.05 Å². The average molecular weight is 289 g/mol. The van der Waals surface area contributed by atoms with Crippen molar-refractivity contribution < 1.29 is 22.8 Å². The predicted octanol–water partition coefficient (Wildman–Crippen LogP) is 1.50. The molecule has 0 saturated carbocycles. The summed E-state index contributed by atoms with van der Waals surface area (Å²) in [4.78, 5) is 27.1. The number of pyridine rings is 1. The first-order valence-electron chi connectivity index (χ1n) is 5.78. The quantitative estimate of drug-likeness (QED) is 0.857. The van der Waals surface area contributed by atoms with E-state index >= 15 is 0 Å². The predicted molar refractivity (Wildman–Crippen MR) is 64.2 cm³/mol. The van der Waals surface area contributed by atoms with E-state index in [4.69, 9.17) is 5.73 Å². The first kappa shape index (κ1) is 15.9. The number of aromatic nitrogens is 1. The molecule has 0 aromatic carbocycles. The molecule has 0 aliphatic heterocycles. The number of alkyl halides is 3. The van der Waals surface area contributed by atoms with Crippen LogP contribution in [0.2, 0.25) is 0 Å². The fraction of sp³-hybridized carbons (Fsp3) is 0.417. The van der Waals surface area contributed by atoms with Gasteiger partial charge in [0.05, 0.1) is 17.3 Å². The zero-order chi connectivity index (χ0) is 15.5. The fourth-order valence-electron chi connectivity index (χ4n) is 1.77. The van der Waals surface area contributed by atoms with Crippen LogP contribution in [0.5, 0.6) is 0 Å². The van der Waals surface area contributed by atoms with E-state index in [9.17, 15) is 22.8 Å². The van der Waals surface area contributed by atoms with Crippen LogP contribution in [0.15, 0.2) is 18.3 Å². The Balaban J connectivity index is 3.02. The Labute approximate surface area is 113 Å². The van der Waals surface area contributed by atoms with Crippen LogP contribution in [0.25, 0.3) is 0 Å². The zero-order valence-electron chi connectivity index (χ0n) is 10.9. The Morgan fingerprint density at radius 3 is 2.35 bits per heavy atom. The summed E-state index contributed by atoms with van der Waals surface area (Å²) in [5.74, 6) is -2.04. The molecule has 0 bridgehead atoms. The van der Waals surface area contributed by atoms with Gasteiger partial charge >= 0.3 is 18.0 Å². The summed E-state index contributed by atoms with van der Waals surface area (Å²) in [5.41, 5.74) is 4.28. The number of primary amides is 1. The summed E-state index contributed by atoms with van der Waals surface area (Å²) >= 11 is 0. The molecule has 1 rings (SSSR count). The van der Waals surface area contributed by atoms with Crippen LogP contribution >= 0.6 is 0 Å². The maximum absolute atomic E-state index is 12.4. The summed E-state index contributed by atoms with van der Waals surface area (Å²) in [6, 6.07) is 1.45. The molecule has 2 amide bonds. The number of nitrogens with zero attached hydrogens (tertiary/aromatic N) is 2. The van der Waals surface area contributed by atoms with Crippen molar-refractivity contribution in [1.82, 2.24) is 9.88 Å². The van der Waals surface area contributed by atoms with Gasteiger partial charge in [-0.2, -0.15) is 13.2 Å². The fourth-order valence-corrected chi connectivity index (χ4v) is 1.77. The molecule has 5 nitrogen and oxygen atoms in total. The van der Waals surface area contributed by atoms with E-state index in [0.717, 1.165) is 11.0 Å². The molecule has 0 aliphatic carbocycles. The van der Waals surface area contributed by atoms with E-state index in [2.05, 4.69) is 4.98 Å². The first-order valence-corrected chi connectivity index (χ1v) is 5.78. The maximum atomic E-state index is 12.4. The normalized spacial score (nSPS) is 12.8. The Morgan fingerprint density at radius 2 is 2.00 bits per heavy atom. The van der Waals surface area contributed by atoms with Crippen LogP contribution in [0.4, 0.5) is 13.2 Å². The minimum absolute atomic E-state index is 0.262. The number of amides is 2. The van der Waals surface area contributed by atoms with Crippen LogP contribution in [0.3, 0.4) is 0 Å². The SMILES string of the molecule is CCC(c1ccc(C(F)(F)F)cn1)N(C)C(=O)C(N)=O.